The number of hydrogen-bond acceptors (Lipinski definition) is 6. The maximum atomic E-state index is 10.4. The first-order valence-corrected chi connectivity index (χ1v) is 4.52. The predicted molar refractivity (Wildman–Crippen MR) is 48.9 cm³/mol. The summed E-state index contributed by atoms with van der Waals surface area (Å²) in [6.45, 7) is 1.35. The van der Waals surface area contributed by atoms with Gasteiger partial charge in [-0.15, -0.1) is 0 Å². The first-order chi connectivity index (χ1) is 6.18. The number of rotatable bonds is 3. The van der Waals surface area contributed by atoms with E-state index in [0.29, 0.717) is 11.0 Å². The van der Waals surface area contributed by atoms with Crippen molar-refractivity contribution in [3.05, 3.63) is 12.3 Å². The molecule has 70 valence electrons. The summed E-state index contributed by atoms with van der Waals surface area (Å²) in [7, 11) is 0. The molecule has 1 rings (SSSR count). The summed E-state index contributed by atoms with van der Waals surface area (Å²) >= 11 is 1.22. The van der Waals surface area contributed by atoms with E-state index in [1.165, 1.54) is 18.7 Å². The van der Waals surface area contributed by atoms with Gasteiger partial charge in [0.15, 0.2) is 5.16 Å². The Hall–Kier alpha value is -1.30. The van der Waals surface area contributed by atoms with Gasteiger partial charge in [-0.1, -0.05) is 0 Å². The Morgan fingerprint density at radius 3 is 3.15 bits per heavy atom. The number of aromatic nitrogens is 2. The minimum absolute atomic E-state index is 0.207. The molecule has 0 spiro atoms. The molecule has 0 radical (unpaired) electrons. The third kappa shape index (κ3) is 3.75. The van der Waals surface area contributed by atoms with Crippen LogP contribution in [0.1, 0.15) is 6.92 Å². The van der Waals surface area contributed by atoms with Gasteiger partial charge in [-0.2, -0.15) is 0 Å². The Morgan fingerprint density at radius 2 is 2.54 bits per heavy atom. The molecule has 0 fully saturated rings. The second-order valence-electron chi connectivity index (χ2n) is 2.16. The zero-order valence-corrected chi connectivity index (χ0v) is 7.87. The van der Waals surface area contributed by atoms with Crippen molar-refractivity contribution in [3.63, 3.8) is 0 Å². The fraction of sp³-hybridized carbons (Fsp3) is 0.286. The molecule has 1 heterocycles. The second kappa shape index (κ2) is 4.66. The SMILES string of the molecule is CC(=O)OCSc1nccc(N)n1. The summed E-state index contributed by atoms with van der Waals surface area (Å²) in [5.41, 5.74) is 5.42. The molecule has 0 saturated carbocycles. The average molecular weight is 199 g/mol. The topological polar surface area (TPSA) is 78.1 Å². The number of hydrogen-bond donors (Lipinski definition) is 1. The summed E-state index contributed by atoms with van der Waals surface area (Å²) in [6.07, 6.45) is 1.55. The van der Waals surface area contributed by atoms with Gasteiger partial charge in [0.05, 0.1) is 0 Å². The van der Waals surface area contributed by atoms with Crippen molar-refractivity contribution in [2.45, 2.75) is 12.1 Å². The van der Waals surface area contributed by atoms with Crippen LogP contribution < -0.4 is 5.73 Å². The molecule has 0 aliphatic carbocycles. The molecule has 5 nitrogen and oxygen atoms in total. The van der Waals surface area contributed by atoms with Crippen LogP contribution in [0.15, 0.2) is 17.4 Å². The number of carbonyl (C=O) groups is 1. The van der Waals surface area contributed by atoms with Crippen molar-refractivity contribution < 1.29 is 9.53 Å². The standard InChI is InChI=1S/C7H9N3O2S/c1-5(11)12-4-13-7-9-3-2-6(8)10-7/h2-3H,4H2,1H3,(H2,8,9,10). The van der Waals surface area contributed by atoms with Crippen LogP contribution in [0.4, 0.5) is 5.82 Å². The highest BCUT2D eigenvalue weighted by atomic mass is 32.2. The van der Waals surface area contributed by atoms with Crippen LogP contribution in [0.25, 0.3) is 0 Å². The molecule has 1 aromatic rings. The quantitative estimate of drug-likeness (QED) is 0.333. The Morgan fingerprint density at radius 1 is 1.77 bits per heavy atom. The second-order valence-corrected chi connectivity index (χ2v) is 3.05. The van der Waals surface area contributed by atoms with Gasteiger partial charge in [0, 0.05) is 13.1 Å². The van der Waals surface area contributed by atoms with Crippen LogP contribution in [0.2, 0.25) is 0 Å². The molecule has 0 atom stereocenters. The van der Waals surface area contributed by atoms with Crippen LogP contribution in [0.5, 0.6) is 0 Å². The lowest BCUT2D eigenvalue weighted by Crippen LogP contribution is -1.99. The van der Waals surface area contributed by atoms with Crippen LogP contribution in [-0.2, 0) is 9.53 Å². The molecule has 1 aromatic heterocycles. The fourth-order valence-corrected chi connectivity index (χ4v) is 1.22. The van der Waals surface area contributed by atoms with E-state index >= 15 is 0 Å². The normalized spacial score (nSPS) is 9.62. The Kier molecular flexibility index (Phi) is 3.51. The highest BCUT2D eigenvalue weighted by Gasteiger charge is 1.99. The van der Waals surface area contributed by atoms with E-state index in [2.05, 4.69) is 14.7 Å². The van der Waals surface area contributed by atoms with Crippen LogP contribution in [-0.4, -0.2) is 21.9 Å². The van der Waals surface area contributed by atoms with Crippen molar-refractivity contribution in [1.29, 1.82) is 0 Å². The fourth-order valence-electron chi connectivity index (χ4n) is 0.589. The first kappa shape index (κ1) is 9.79. The number of anilines is 1. The van der Waals surface area contributed by atoms with Gasteiger partial charge in [-0.3, -0.25) is 4.79 Å². The van der Waals surface area contributed by atoms with Gasteiger partial charge in [0.25, 0.3) is 0 Å². The van der Waals surface area contributed by atoms with E-state index < -0.39 is 0 Å². The molecule has 0 aliphatic heterocycles. The number of nitrogen functional groups attached to an aromatic ring is 1. The van der Waals surface area contributed by atoms with Gasteiger partial charge in [-0.05, 0) is 17.8 Å². The maximum Gasteiger partial charge on any atom is 0.303 e. The highest BCUT2D eigenvalue weighted by Crippen LogP contribution is 2.12. The smallest absolute Gasteiger partial charge is 0.303 e. The number of nitrogens with two attached hydrogens (primary N) is 1. The van der Waals surface area contributed by atoms with E-state index in [1.807, 2.05) is 0 Å². The third-order valence-corrected chi connectivity index (χ3v) is 1.80. The number of esters is 1. The van der Waals surface area contributed by atoms with E-state index in [9.17, 15) is 4.79 Å². The van der Waals surface area contributed by atoms with Crippen LogP contribution >= 0.6 is 11.8 Å². The third-order valence-electron chi connectivity index (χ3n) is 1.11. The monoisotopic (exact) mass is 199 g/mol. The van der Waals surface area contributed by atoms with Gasteiger partial charge in [0.1, 0.15) is 11.8 Å². The summed E-state index contributed by atoms with van der Waals surface area (Å²) in [5, 5.41) is 0.501. The van der Waals surface area contributed by atoms with Crippen molar-refractivity contribution >= 4 is 23.5 Å². The largest absolute Gasteiger partial charge is 0.454 e. The van der Waals surface area contributed by atoms with E-state index in [0.717, 1.165) is 0 Å². The van der Waals surface area contributed by atoms with E-state index in [-0.39, 0.29) is 11.9 Å². The molecule has 13 heavy (non-hydrogen) atoms. The lowest BCUT2D eigenvalue weighted by atomic mass is 10.6. The molecule has 6 heteroatoms. The Balaban J connectivity index is 2.41. The number of ether oxygens (including phenoxy) is 1. The summed E-state index contributed by atoms with van der Waals surface area (Å²) < 4.78 is 4.69. The average Bonchev–Trinajstić information content (AvgIpc) is 2.03. The Labute approximate surface area is 79.7 Å². The minimum atomic E-state index is -0.323. The number of carbonyl (C=O) groups excluding carboxylic acids is 1. The molecule has 0 amide bonds. The first-order valence-electron chi connectivity index (χ1n) is 3.53. The zero-order chi connectivity index (χ0) is 9.68. The van der Waals surface area contributed by atoms with Crippen LogP contribution in [0, 0.1) is 0 Å². The van der Waals surface area contributed by atoms with Crippen molar-refractivity contribution in [2.24, 2.45) is 0 Å². The van der Waals surface area contributed by atoms with E-state index in [4.69, 9.17) is 5.73 Å². The maximum absolute atomic E-state index is 10.4. The molecule has 0 aromatic carbocycles. The Bertz CT molecular complexity index is 306. The lowest BCUT2D eigenvalue weighted by molar-refractivity contribution is -0.138. The molecular weight excluding hydrogens is 190 g/mol. The molecule has 0 saturated heterocycles. The number of nitrogens with zero attached hydrogens (tertiary/aromatic N) is 2. The van der Waals surface area contributed by atoms with Gasteiger partial charge in [-0.25, -0.2) is 9.97 Å². The minimum Gasteiger partial charge on any atom is -0.454 e. The van der Waals surface area contributed by atoms with Crippen molar-refractivity contribution in [1.82, 2.24) is 9.97 Å². The van der Waals surface area contributed by atoms with Gasteiger partial charge >= 0.3 is 5.97 Å². The summed E-state index contributed by atoms with van der Waals surface area (Å²) in [6, 6.07) is 1.59. The molecule has 0 unspecified atom stereocenters. The molecule has 2 N–H and O–H groups in total. The summed E-state index contributed by atoms with van der Waals surface area (Å²) in [5.74, 6) is 0.287. The molecular formula is C7H9N3O2S. The van der Waals surface area contributed by atoms with E-state index in [1.54, 1.807) is 12.3 Å². The van der Waals surface area contributed by atoms with Crippen molar-refractivity contribution in [3.8, 4) is 0 Å². The van der Waals surface area contributed by atoms with Crippen LogP contribution in [0.3, 0.4) is 0 Å². The predicted octanol–water partition coefficient (Wildman–Crippen LogP) is 0.672. The zero-order valence-electron chi connectivity index (χ0n) is 7.06. The van der Waals surface area contributed by atoms with Gasteiger partial charge < -0.3 is 10.5 Å². The highest BCUT2D eigenvalue weighted by molar-refractivity contribution is 7.99. The summed E-state index contributed by atoms with van der Waals surface area (Å²) in [4.78, 5) is 18.2. The van der Waals surface area contributed by atoms with Crippen molar-refractivity contribution in [2.75, 3.05) is 11.7 Å². The molecule has 0 aliphatic rings. The lowest BCUT2D eigenvalue weighted by Gasteiger charge is -2.00. The number of thioether (sulfide) groups is 1. The molecule has 0 bridgehead atoms. The van der Waals surface area contributed by atoms with Gasteiger partial charge in [0.2, 0.25) is 0 Å².